The molecule has 0 saturated heterocycles. The molecule has 4 heteroatoms. The second kappa shape index (κ2) is 7.69. The van der Waals surface area contributed by atoms with E-state index in [1.807, 2.05) is 37.3 Å². The van der Waals surface area contributed by atoms with Gasteiger partial charge in [-0.2, -0.15) is 0 Å². The normalized spacial score (nSPS) is 13.9. The zero-order valence-electron chi connectivity index (χ0n) is 11.9. The fourth-order valence-electron chi connectivity index (χ4n) is 2.37. The summed E-state index contributed by atoms with van der Waals surface area (Å²) < 4.78 is 13.9. The van der Waals surface area contributed by atoms with Gasteiger partial charge in [0, 0.05) is 16.6 Å². The first-order chi connectivity index (χ1) is 10.1. The second-order valence-electron chi connectivity index (χ2n) is 5.12. The van der Waals surface area contributed by atoms with Gasteiger partial charge in [-0.15, -0.1) is 0 Å². The SMILES string of the molecule is CC(N[C@@H](CO)Cc1ccccc1)c1ccc(F)cc1Br. The summed E-state index contributed by atoms with van der Waals surface area (Å²) in [4.78, 5) is 0. The molecule has 2 atom stereocenters. The van der Waals surface area contributed by atoms with E-state index in [1.165, 1.54) is 17.7 Å². The van der Waals surface area contributed by atoms with Gasteiger partial charge in [0.15, 0.2) is 0 Å². The highest BCUT2D eigenvalue weighted by Crippen LogP contribution is 2.24. The van der Waals surface area contributed by atoms with E-state index in [0.717, 1.165) is 16.5 Å². The maximum atomic E-state index is 13.1. The lowest BCUT2D eigenvalue weighted by Crippen LogP contribution is -2.36. The third-order valence-corrected chi connectivity index (χ3v) is 4.15. The van der Waals surface area contributed by atoms with E-state index in [-0.39, 0.29) is 24.5 Å². The Morgan fingerprint density at radius 3 is 2.52 bits per heavy atom. The Balaban J connectivity index is 2.04. The fourth-order valence-corrected chi connectivity index (χ4v) is 3.07. The van der Waals surface area contributed by atoms with E-state index < -0.39 is 0 Å². The van der Waals surface area contributed by atoms with Crippen molar-refractivity contribution in [3.05, 3.63) is 69.9 Å². The molecule has 0 heterocycles. The number of hydrogen-bond acceptors (Lipinski definition) is 2. The van der Waals surface area contributed by atoms with E-state index in [9.17, 15) is 9.50 Å². The molecule has 0 spiro atoms. The summed E-state index contributed by atoms with van der Waals surface area (Å²) in [5, 5.41) is 13.0. The molecule has 0 amide bonds. The number of hydrogen-bond donors (Lipinski definition) is 2. The van der Waals surface area contributed by atoms with E-state index in [2.05, 4.69) is 21.2 Å². The van der Waals surface area contributed by atoms with Gasteiger partial charge in [-0.3, -0.25) is 0 Å². The largest absolute Gasteiger partial charge is 0.395 e. The molecule has 2 aromatic rings. The monoisotopic (exact) mass is 351 g/mol. The van der Waals surface area contributed by atoms with Crippen LogP contribution >= 0.6 is 15.9 Å². The van der Waals surface area contributed by atoms with Crippen LogP contribution in [0.5, 0.6) is 0 Å². The topological polar surface area (TPSA) is 32.3 Å². The number of nitrogens with one attached hydrogen (secondary N) is 1. The lowest BCUT2D eigenvalue weighted by molar-refractivity contribution is 0.232. The standard InChI is InChI=1S/C17H19BrFNO/c1-12(16-8-7-14(19)10-17(16)18)20-15(11-21)9-13-5-3-2-4-6-13/h2-8,10,12,15,20-21H,9,11H2,1H3/t12?,15-/m1/s1. The predicted molar refractivity (Wildman–Crippen MR) is 86.7 cm³/mol. The quantitative estimate of drug-likeness (QED) is 0.828. The van der Waals surface area contributed by atoms with Crippen LogP contribution in [0.3, 0.4) is 0 Å². The Morgan fingerprint density at radius 1 is 1.19 bits per heavy atom. The number of halogens is 2. The molecule has 0 fully saturated rings. The Morgan fingerprint density at radius 2 is 1.90 bits per heavy atom. The molecule has 1 unspecified atom stereocenters. The van der Waals surface area contributed by atoms with Gasteiger partial charge in [-0.05, 0) is 36.6 Å². The number of benzene rings is 2. The van der Waals surface area contributed by atoms with Crippen molar-refractivity contribution >= 4 is 15.9 Å². The minimum Gasteiger partial charge on any atom is -0.395 e. The molecule has 0 aromatic heterocycles. The van der Waals surface area contributed by atoms with Gasteiger partial charge in [0.05, 0.1) is 6.61 Å². The number of aliphatic hydroxyl groups excluding tert-OH is 1. The maximum Gasteiger partial charge on any atom is 0.124 e. The molecule has 0 bridgehead atoms. The van der Waals surface area contributed by atoms with Gasteiger partial charge in [0.1, 0.15) is 5.82 Å². The summed E-state index contributed by atoms with van der Waals surface area (Å²) in [5.74, 6) is -0.263. The summed E-state index contributed by atoms with van der Waals surface area (Å²) in [6.45, 7) is 2.06. The molecule has 21 heavy (non-hydrogen) atoms. The van der Waals surface area contributed by atoms with Gasteiger partial charge < -0.3 is 10.4 Å². The van der Waals surface area contributed by atoms with Crippen LogP contribution in [0.4, 0.5) is 4.39 Å². The minimum atomic E-state index is -0.263. The van der Waals surface area contributed by atoms with Crippen LogP contribution in [0.15, 0.2) is 53.0 Å². The Labute approximate surface area is 133 Å². The second-order valence-corrected chi connectivity index (χ2v) is 5.98. The molecule has 2 aromatic carbocycles. The highest BCUT2D eigenvalue weighted by molar-refractivity contribution is 9.10. The van der Waals surface area contributed by atoms with Crippen molar-refractivity contribution in [3.63, 3.8) is 0 Å². The molecule has 2 nitrogen and oxygen atoms in total. The number of aliphatic hydroxyl groups is 1. The van der Waals surface area contributed by atoms with Crippen molar-refractivity contribution in [2.24, 2.45) is 0 Å². The predicted octanol–water partition coefficient (Wildman–Crippen LogP) is 3.84. The van der Waals surface area contributed by atoms with Crippen LogP contribution < -0.4 is 5.32 Å². The highest BCUT2D eigenvalue weighted by Gasteiger charge is 2.15. The lowest BCUT2D eigenvalue weighted by Gasteiger charge is -2.23. The van der Waals surface area contributed by atoms with E-state index >= 15 is 0 Å². The summed E-state index contributed by atoms with van der Waals surface area (Å²) in [6.07, 6.45) is 0.750. The average Bonchev–Trinajstić information content (AvgIpc) is 2.47. The van der Waals surface area contributed by atoms with Gasteiger partial charge in [0.2, 0.25) is 0 Å². The summed E-state index contributed by atoms with van der Waals surface area (Å²) in [7, 11) is 0. The molecule has 0 aliphatic carbocycles. The maximum absolute atomic E-state index is 13.1. The summed E-state index contributed by atoms with van der Waals surface area (Å²) in [5.41, 5.74) is 2.15. The Bertz CT molecular complexity index is 576. The lowest BCUT2D eigenvalue weighted by atomic mass is 10.0. The third-order valence-electron chi connectivity index (χ3n) is 3.46. The van der Waals surface area contributed by atoms with E-state index in [0.29, 0.717) is 0 Å². The first-order valence-electron chi connectivity index (χ1n) is 6.96. The van der Waals surface area contributed by atoms with Crippen molar-refractivity contribution in [2.45, 2.75) is 25.4 Å². The zero-order valence-corrected chi connectivity index (χ0v) is 13.5. The molecular formula is C17H19BrFNO. The molecule has 0 aliphatic heterocycles. The minimum absolute atomic E-state index is 0.0147. The average molecular weight is 352 g/mol. The Hall–Kier alpha value is -1.23. The molecule has 112 valence electrons. The molecule has 2 rings (SSSR count). The van der Waals surface area contributed by atoms with Crippen LogP contribution in [0.25, 0.3) is 0 Å². The molecule has 0 aliphatic rings. The van der Waals surface area contributed by atoms with Crippen LogP contribution in [0.2, 0.25) is 0 Å². The van der Waals surface area contributed by atoms with Crippen LogP contribution in [-0.4, -0.2) is 17.8 Å². The van der Waals surface area contributed by atoms with Crippen molar-refractivity contribution in [1.82, 2.24) is 5.32 Å². The zero-order chi connectivity index (χ0) is 15.2. The van der Waals surface area contributed by atoms with Crippen LogP contribution in [0.1, 0.15) is 24.1 Å². The van der Waals surface area contributed by atoms with Crippen molar-refractivity contribution in [3.8, 4) is 0 Å². The van der Waals surface area contributed by atoms with Crippen molar-refractivity contribution < 1.29 is 9.50 Å². The highest BCUT2D eigenvalue weighted by atomic mass is 79.9. The summed E-state index contributed by atoms with van der Waals surface area (Å²) in [6, 6.07) is 14.7. The van der Waals surface area contributed by atoms with E-state index in [1.54, 1.807) is 6.07 Å². The molecular weight excluding hydrogens is 333 g/mol. The molecule has 0 radical (unpaired) electrons. The van der Waals surface area contributed by atoms with Crippen molar-refractivity contribution in [2.75, 3.05) is 6.61 Å². The van der Waals surface area contributed by atoms with Gasteiger partial charge in [-0.1, -0.05) is 52.3 Å². The van der Waals surface area contributed by atoms with Gasteiger partial charge >= 0.3 is 0 Å². The number of rotatable bonds is 6. The van der Waals surface area contributed by atoms with Crippen molar-refractivity contribution in [1.29, 1.82) is 0 Å². The summed E-state index contributed by atoms with van der Waals surface area (Å²) >= 11 is 3.38. The smallest absolute Gasteiger partial charge is 0.124 e. The third kappa shape index (κ3) is 4.63. The first kappa shape index (κ1) is 16.1. The molecule has 2 N–H and O–H groups in total. The molecule has 0 saturated carbocycles. The fraction of sp³-hybridized carbons (Fsp3) is 0.294. The van der Waals surface area contributed by atoms with Crippen LogP contribution in [-0.2, 0) is 6.42 Å². The first-order valence-corrected chi connectivity index (χ1v) is 7.75. The Kier molecular flexibility index (Phi) is 5.91. The van der Waals surface area contributed by atoms with Gasteiger partial charge in [0.25, 0.3) is 0 Å². The van der Waals surface area contributed by atoms with Gasteiger partial charge in [-0.25, -0.2) is 4.39 Å². The van der Waals surface area contributed by atoms with E-state index in [4.69, 9.17) is 0 Å². The van der Waals surface area contributed by atoms with Crippen LogP contribution in [0, 0.1) is 5.82 Å².